The highest BCUT2D eigenvalue weighted by Crippen LogP contribution is 2.19. The fourth-order valence-corrected chi connectivity index (χ4v) is 3.94. The van der Waals surface area contributed by atoms with Crippen molar-refractivity contribution in [3.05, 3.63) is 47.2 Å². The third kappa shape index (κ3) is 7.77. The minimum Gasteiger partial charge on any atom is -0.462 e. The van der Waals surface area contributed by atoms with Gasteiger partial charge in [0.25, 0.3) is 0 Å². The average molecular weight is 435 g/mol. The molecule has 1 aromatic carbocycles. The first kappa shape index (κ1) is 23.9. The normalized spacial score (nSPS) is 17.3. The lowest BCUT2D eigenvalue weighted by Crippen LogP contribution is -2.25. The molecule has 8 heteroatoms. The Hall–Kier alpha value is -2.42. The topological polar surface area (TPSA) is 80.3 Å². The molecule has 0 bridgehead atoms. The van der Waals surface area contributed by atoms with Crippen LogP contribution in [0.4, 0.5) is 0 Å². The summed E-state index contributed by atoms with van der Waals surface area (Å²) in [6.07, 6.45) is 5.27. The number of carbonyl (C=O) groups excluding carboxylic acids is 2. The molecule has 1 atom stereocenters. The van der Waals surface area contributed by atoms with E-state index in [0.717, 1.165) is 12.8 Å². The van der Waals surface area contributed by atoms with Gasteiger partial charge in [0, 0.05) is 0 Å². The van der Waals surface area contributed by atoms with Crippen molar-refractivity contribution in [2.24, 2.45) is 0 Å². The van der Waals surface area contributed by atoms with E-state index in [0.29, 0.717) is 23.7 Å². The van der Waals surface area contributed by atoms with Crippen molar-refractivity contribution in [1.82, 2.24) is 0 Å². The number of rotatable bonds is 10. The Morgan fingerprint density at radius 3 is 2.33 bits per heavy atom. The molecule has 1 aliphatic rings. The molecule has 1 aromatic rings. The summed E-state index contributed by atoms with van der Waals surface area (Å²) in [6, 6.07) is 8.22. The first-order chi connectivity index (χ1) is 14.6. The Bertz CT molecular complexity index is 729. The maximum atomic E-state index is 12.1. The zero-order valence-corrected chi connectivity index (χ0v) is 19.3. The van der Waals surface area contributed by atoms with Crippen LogP contribution in [0, 0.1) is 0 Å². The van der Waals surface area contributed by atoms with Crippen LogP contribution in [-0.4, -0.2) is 47.8 Å². The van der Waals surface area contributed by atoms with E-state index in [1.54, 1.807) is 38.1 Å². The van der Waals surface area contributed by atoms with Gasteiger partial charge in [0.2, 0.25) is 0 Å². The highest BCUT2D eigenvalue weighted by Gasteiger charge is 2.21. The number of benzene rings is 1. The van der Waals surface area contributed by atoms with Crippen LogP contribution in [0.3, 0.4) is 0 Å². The molecule has 1 fully saturated rings. The lowest BCUT2D eigenvalue weighted by atomic mass is 10.1. The van der Waals surface area contributed by atoms with Gasteiger partial charge in [-0.25, -0.2) is 9.59 Å². The highest BCUT2D eigenvalue weighted by molar-refractivity contribution is 6.27. The van der Waals surface area contributed by atoms with E-state index in [9.17, 15) is 9.59 Å². The first-order valence-corrected chi connectivity index (χ1v) is 11.9. The van der Waals surface area contributed by atoms with Crippen molar-refractivity contribution in [3.63, 3.8) is 0 Å². The second kappa shape index (κ2) is 13.0. The van der Waals surface area contributed by atoms with Gasteiger partial charge >= 0.3 is 11.9 Å². The molecule has 30 heavy (non-hydrogen) atoms. The zero-order valence-electron chi connectivity index (χ0n) is 17.8. The molecule has 1 aliphatic heterocycles. The Labute approximate surface area is 179 Å². The van der Waals surface area contributed by atoms with E-state index < -0.39 is 21.7 Å². The van der Waals surface area contributed by atoms with Gasteiger partial charge in [-0.05, 0) is 69.5 Å². The predicted molar refractivity (Wildman–Crippen MR) is 115 cm³/mol. The van der Waals surface area contributed by atoms with Crippen LogP contribution in [-0.2, 0) is 28.2 Å². The maximum Gasteiger partial charge on any atom is 0.345 e. The van der Waals surface area contributed by atoms with Gasteiger partial charge in [-0.2, -0.15) is 0 Å². The Morgan fingerprint density at radius 1 is 1.13 bits per heavy atom. The molecule has 0 N–H and O–H groups in total. The monoisotopic (exact) mass is 434 g/mol. The summed E-state index contributed by atoms with van der Waals surface area (Å²) < 4.78 is 27.3. The van der Waals surface area contributed by atoms with E-state index in [1.807, 2.05) is 13.0 Å². The van der Waals surface area contributed by atoms with Crippen LogP contribution in [0.1, 0.15) is 39.2 Å². The molecule has 0 saturated carbocycles. The van der Waals surface area contributed by atoms with Crippen LogP contribution >= 0.6 is 0 Å². The van der Waals surface area contributed by atoms with Crippen LogP contribution in [0.15, 0.2) is 41.7 Å². The Morgan fingerprint density at radius 2 is 1.80 bits per heavy atom. The predicted octanol–water partition coefficient (Wildman–Crippen LogP) is 3.13. The SMILES string of the molecule is C/C=C(\COC1CCC[SiH2]O1)Oc1ccc(C=C(C(=O)OCC)C(=O)OCC)cc1. The number of allylic oxidation sites excluding steroid dienone is 1. The van der Waals surface area contributed by atoms with E-state index >= 15 is 0 Å². The summed E-state index contributed by atoms with van der Waals surface area (Å²) in [7, 11) is -0.437. The molecule has 0 spiro atoms. The Kier molecular flexibility index (Phi) is 10.3. The van der Waals surface area contributed by atoms with Gasteiger partial charge in [-0.1, -0.05) is 12.1 Å². The van der Waals surface area contributed by atoms with Gasteiger partial charge < -0.3 is 23.4 Å². The minimum atomic E-state index is -0.711. The second-order valence-electron chi connectivity index (χ2n) is 6.53. The van der Waals surface area contributed by atoms with Crippen molar-refractivity contribution in [2.45, 2.75) is 45.9 Å². The van der Waals surface area contributed by atoms with Crippen LogP contribution in [0.2, 0.25) is 6.04 Å². The highest BCUT2D eigenvalue weighted by atomic mass is 28.2. The van der Waals surface area contributed by atoms with Crippen molar-refractivity contribution < 1.29 is 33.0 Å². The molecular formula is C22H30O7Si. The molecule has 1 unspecified atom stereocenters. The number of hydrogen-bond donors (Lipinski definition) is 0. The van der Waals surface area contributed by atoms with Gasteiger partial charge in [0.15, 0.2) is 9.76 Å². The molecule has 164 valence electrons. The maximum absolute atomic E-state index is 12.1. The van der Waals surface area contributed by atoms with Gasteiger partial charge in [0.05, 0.1) is 13.2 Å². The largest absolute Gasteiger partial charge is 0.462 e. The molecule has 1 saturated heterocycles. The smallest absolute Gasteiger partial charge is 0.345 e. The third-order valence-electron chi connectivity index (χ3n) is 4.30. The van der Waals surface area contributed by atoms with Crippen molar-refractivity contribution in [1.29, 1.82) is 0 Å². The fourth-order valence-electron chi connectivity index (χ4n) is 2.76. The molecule has 7 nitrogen and oxygen atoms in total. The Balaban J connectivity index is 2.01. The summed E-state index contributed by atoms with van der Waals surface area (Å²) in [5, 5.41) is 0. The molecular weight excluding hydrogens is 404 g/mol. The van der Waals surface area contributed by atoms with E-state index in [4.69, 9.17) is 23.4 Å². The molecule has 0 aliphatic carbocycles. The zero-order chi connectivity index (χ0) is 21.8. The lowest BCUT2D eigenvalue weighted by molar-refractivity contribution is -0.146. The van der Waals surface area contributed by atoms with Crippen molar-refractivity contribution >= 4 is 27.8 Å². The summed E-state index contributed by atoms with van der Waals surface area (Å²) >= 11 is 0. The third-order valence-corrected chi connectivity index (χ3v) is 5.70. The van der Waals surface area contributed by atoms with Crippen molar-refractivity contribution in [3.8, 4) is 5.75 Å². The summed E-state index contributed by atoms with van der Waals surface area (Å²) in [6.45, 7) is 5.93. The standard InChI is InChI=1S/C22H30O7Si/c1-4-17(15-27-20-8-7-13-30-29-20)28-18-11-9-16(10-12-18)14-19(21(23)25-5-2)22(24)26-6-3/h4,9-12,14,20H,5-8,13,15,30H2,1-3H3/b17-4+. The molecule has 0 amide bonds. The van der Waals surface area contributed by atoms with Crippen LogP contribution in [0.25, 0.3) is 6.08 Å². The molecule has 0 radical (unpaired) electrons. The quantitative estimate of drug-likeness (QED) is 0.140. The van der Waals surface area contributed by atoms with Crippen LogP contribution in [0.5, 0.6) is 5.75 Å². The second-order valence-corrected chi connectivity index (χ2v) is 7.98. The molecule has 1 heterocycles. The molecule has 0 aromatic heterocycles. The molecule has 2 rings (SSSR count). The van der Waals surface area contributed by atoms with E-state index in [1.165, 1.54) is 12.1 Å². The number of esters is 2. The van der Waals surface area contributed by atoms with Gasteiger partial charge in [-0.3, -0.25) is 0 Å². The van der Waals surface area contributed by atoms with E-state index in [-0.39, 0.29) is 25.1 Å². The fraction of sp³-hybridized carbons (Fsp3) is 0.455. The van der Waals surface area contributed by atoms with Crippen LogP contribution < -0.4 is 4.74 Å². The lowest BCUT2D eigenvalue weighted by Gasteiger charge is -2.23. The summed E-state index contributed by atoms with van der Waals surface area (Å²) in [5.41, 5.74) is 0.503. The minimum absolute atomic E-state index is 0.124. The average Bonchev–Trinajstić information content (AvgIpc) is 2.76. The summed E-state index contributed by atoms with van der Waals surface area (Å²) in [5.74, 6) is -0.111. The first-order valence-electron chi connectivity index (χ1n) is 10.3. The number of carbonyl (C=O) groups is 2. The van der Waals surface area contributed by atoms with Crippen molar-refractivity contribution in [2.75, 3.05) is 19.8 Å². The number of hydrogen-bond acceptors (Lipinski definition) is 7. The summed E-state index contributed by atoms with van der Waals surface area (Å²) in [4.78, 5) is 24.1. The van der Waals surface area contributed by atoms with Gasteiger partial charge in [-0.15, -0.1) is 0 Å². The number of ether oxygens (including phenoxy) is 4. The van der Waals surface area contributed by atoms with E-state index in [2.05, 4.69) is 0 Å². The van der Waals surface area contributed by atoms with Gasteiger partial charge in [0.1, 0.15) is 30.0 Å².